The molecule has 2 aromatic rings. The fourth-order valence-corrected chi connectivity index (χ4v) is 2.65. The quantitative estimate of drug-likeness (QED) is 0.799. The molecule has 1 N–H and O–H groups in total. The van der Waals surface area contributed by atoms with Gasteiger partial charge in [0.2, 0.25) is 0 Å². The van der Waals surface area contributed by atoms with Crippen molar-refractivity contribution in [3.63, 3.8) is 0 Å². The van der Waals surface area contributed by atoms with Crippen LogP contribution in [0.1, 0.15) is 43.0 Å². The van der Waals surface area contributed by atoms with Gasteiger partial charge >= 0.3 is 0 Å². The van der Waals surface area contributed by atoms with Crippen molar-refractivity contribution in [3.05, 3.63) is 58.9 Å². The second-order valence-corrected chi connectivity index (χ2v) is 5.65. The molecule has 0 fully saturated rings. The van der Waals surface area contributed by atoms with E-state index in [1.54, 1.807) is 12.1 Å². The molecule has 21 heavy (non-hydrogen) atoms. The summed E-state index contributed by atoms with van der Waals surface area (Å²) in [5, 5.41) is 3.49. The number of hydrogen-bond donors (Lipinski definition) is 1. The number of hydrogen-bond acceptors (Lipinski definition) is 1. The number of nitrogens with one attached hydrogen (secondary N) is 1. The van der Waals surface area contributed by atoms with Gasteiger partial charge in [-0.15, -0.1) is 0 Å². The van der Waals surface area contributed by atoms with Crippen LogP contribution >= 0.6 is 0 Å². The van der Waals surface area contributed by atoms with Crippen LogP contribution in [0.3, 0.4) is 0 Å². The Kier molecular flexibility index (Phi) is 5.13. The van der Waals surface area contributed by atoms with E-state index in [4.69, 9.17) is 0 Å². The van der Waals surface area contributed by atoms with Gasteiger partial charge in [-0.1, -0.05) is 31.2 Å². The van der Waals surface area contributed by atoms with Gasteiger partial charge in [-0.25, -0.2) is 4.39 Å². The molecule has 0 saturated carbocycles. The van der Waals surface area contributed by atoms with Crippen molar-refractivity contribution in [1.29, 1.82) is 0 Å². The molecule has 2 aromatic carbocycles. The van der Waals surface area contributed by atoms with E-state index in [0.29, 0.717) is 0 Å². The van der Waals surface area contributed by atoms with Gasteiger partial charge in [0.25, 0.3) is 0 Å². The number of benzene rings is 2. The Bertz CT molecular complexity index is 619. The smallest absolute Gasteiger partial charge is 0.123 e. The van der Waals surface area contributed by atoms with Crippen molar-refractivity contribution in [2.45, 2.75) is 40.2 Å². The highest BCUT2D eigenvalue weighted by Gasteiger charge is 2.14. The summed E-state index contributed by atoms with van der Waals surface area (Å²) in [5.41, 5.74) is 5.71. The normalized spacial score (nSPS) is 12.4. The van der Waals surface area contributed by atoms with Crippen LogP contribution in [-0.2, 0) is 0 Å². The Balaban J connectivity index is 2.51. The molecule has 1 unspecified atom stereocenters. The van der Waals surface area contributed by atoms with Gasteiger partial charge in [-0.3, -0.25) is 0 Å². The molecule has 112 valence electrons. The monoisotopic (exact) mass is 285 g/mol. The molecule has 0 heterocycles. The Morgan fingerprint density at radius 2 is 1.86 bits per heavy atom. The van der Waals surface area contributed by atoms with Gasteiger partial charge in [0.15, 0.2) is 0 Å². The van der Waals surface area contributed by atoms with Gasteiger partial charge in [0.05, 0.1) is 0 Å². The topological polar surface area (TPSA) is 12.0 Å². The lowest BCUT2D eigenvalue weighted by atomic mass is 9.91. The van der Waals surface area contributed by atoms with Crippen LogP contribution in [0.25, 0.3) is 11.1 Å². The third kappa shape index (κ3) is 3.51. The molecular weight excluding hydrogens is 261 g/mol. The molecule has 0 radical (unpaired) electrons. The molecule has 2 rings (SSSR count). The summed E-state index contributed by atoms with van der Waals surface area (Å²) in [4.78, 5) is 0. The van der Waals surface area contributed by atoms with Crippen molar-refractivity contribution in [3.8, 4) is 11.1 Å². The van der Waals surface area contributed by atoms with Gasteiger partial charge in [0.1, 0.15) is 5.82 Å². The minimum Gasteiger partial charge on any atom is -0.310 e. The second kappa shape index (κ2) is 6.86. The fraction of sp³-hybridized carbons (Fsp3) is 0.368. The summed E-state index contributed by atoms with van der Waals surface area (Å²) in [5.74, 6) is -0.183. The maximum Gasteiger partial charge on any atom is 0.123 e. The highest BCUT2D eigenvalue weighted by atomic mass is 19.1. The SMILES string of the molecule is CCCNC(C)c1ccc(F)cc1-c1cccc(C)c1C. The van der Waals surface area contributed by atoms with Crippen LogP contribution in [0.15, 0.2) is 36.4 Å². The van der Waals surface area contributed by atoms with Crippen molar-refractivity contribution in [2.24, 2.45) is 0 Å². The maximum absolute atomic E-state index is 13.8. The average Bonchev–Trinajstić information content (AvgIpc) is 2.47. The summed E-state index contributed by atoms with van der Waals surface area (Å²) >= 11 is 0. The van der Waals surface area contributed by atoms with E-state index >= 15 is 0 Å². The Labute approximate surface area is 127 Å². The van der Waals surface area contributed by atoms with Crippen LogP contribution in [0.4, 0.5) is 4.39 Å². The molecule has 1 nitrogen and oxygen atoms in total. The van der Waals surface area contributed by atoms with E-state index < -0.39 is 0 Å². The molecule has 0 aliphatic carbocycles. The largest absolute Gasteiger partial charge is 0.310 e. The van der Waals surface area contributed by atoms with E-state index in [1.165, 1.54) is 11.1 Å². The average molecular weight is 285 g/mol. The van der Waals surface area contributed by atoms with Gasteiger partial charge in [-0.2, -0.15) is 0 Å². The zero-order chi connectivity index (χ0) is 15.4. The number of aryl methyl sites for hydroxylation is 1. The first-order valence-corrected chi connectivity index (χ1v) is 7.64. The molecule has 0 bridgehead atoms. The molecule has 1 atom stereocenters. The zero-order valence-electron chi connectivity index (χ0n) is 13.3. The van der Waals surface area contributed by atoms with Gasteiger partial charge in [-0.05, 0) is 73.7 Å². The lowest BCUT2D eigenvalue weighted by molar-refractivity contribution is 0.569. The van der Waals surface area contributed by atoms with Crippen LogP contribution in [0.5, 0.6) is 0 Å². The van der Waals surface area contributed by atoms with E-state index in [-0.39, 0.29) is 11.9 Å². The van der Waals surface area contributed by atoms with Crippen molar-refractivity contribution < 1.29 is 4.39 Å². The lowest BCUT2D eigenvalue weighted by Crippen LogP contribution is -2.20. The summed E-state index contributed by atoms with van der Waals surface area (Å²) in [7, 11) is 0. The third-order valence-corrected chi connectivity index (χ3v) is 4.08. The number of rotatable bonds is 5. The summed E-state index contributed by atoms with van der Waals surface area (Å²) in [6.45, 7) is 9.44. The van der Waals surface area contributed by atoms with Gasteiger partial charge in [0, 0.05) is 6.04 Å². The van der Waals surface area contributed by atoms with Crippen LogP contribution in [-0.4, -0.2) is 6.54 Å². The van der Waals surface area contributed by atoms with E-state index in [1.807, 2.05) is 12.1 Å². The maximum atomic E-state index is 13.8. The fourth-order valence-electron chi connectivity index (χ4n) is 2.65. The Morgan fingerprint density at radius 1 is 1.10 bits per heavy atom. The Hall–Kier alpha value is -1.67. The van der Waals surface area contributed by atoms with E-state index in [2.05, 4.69) is 45.1 Å². The molecule has 0 aromatic heterocycles. The van der Waals surface area contributed by atoms with Gasteiger partial charge < -0.3 is 5.32 Å². The van der Waals surface area contributed by atoms with Crippen molar-refractivity contribution in [1.82, 2.24) is 5.32 Å². The third-order valence-electron chi connectivity index (χ3n) is 4.08. The molecular formula is C19H24FN. The van der Waals surface area contributed by atoms with E-state index in [0.717, 1.165) is 29.7 Å². The summed E-state index contributed by atoms with van der Waals surface area (Å²) < 4.78 is 13.8. The molecule has 0 aliphatic rings. The van der Waals surface area contributed by atoms with Crippen LogP contribution < -0.4 is 5.32 Å². The molecule has 0 aliphatic heterocycles. The number of halogens is 1. The summed E-state index contributed by atoms with van der Waals surface area (Å²) in [6.07, 6.45) is 1.09. The first-order valence-electron chi connectivity index (χ1n) is 7.64. The van der Waals surface area contributed by atoms with Crippen LogP contribution in [0, 0.1) is 19.7 Å². The van der Waals surface area contributed by atoms with Crippen molar-refractivity contribution in [2.75, 3.05) is 6.54 Å². The molecule has 0 amide bonds. The predicted molar refractivity (Wildman–Crippen MR) is 88.0 cm³/mol. The van der Waals surface area contributed by atoms with Crippen LogP contribution in [0.2, 0.25) is 0 Å². The first-order chi connectivity index (χ1) is 10.0. The highest BCUT2D eigenvalue weighted by molar-refractivity contribution is 5.72. The zero-order valence-corrected chi connectivity index (χ0v) is 13.3. The second-order valence-electron chi connectivity index (χ2n) is 5.65. The van der Waals surface area contributed by atoms with E-state index in [9.17, 15) is 4.39 Å². The Morgan fingerprint density at radius 3 is 2.57 bits per heavy atom. The first kappa shape index (κ1) is 15.7. The highest BCUT2D eigenvalue weighted by Crippen LogP contribution is 2.32. The standard InChI is InChI=1S/C19H24FN/c1-5-11-21-15(4)18-10-9-16(20)12-19(18)17-8-6-7-13(2)14(17)3/h6-10,12,15,21H,5,11H2,1-4H3. The summed E-state index contributed by atoms with van der Waals surface area (Å²) in [6, 6.07) is 11.5. The minimum atomic E-state index is -0.183. The predicted octanol–water partition coefficient (Wildman–Crippen LogP) is 5.17. The van der Waals surface area contributed by atoms with Crippen molar-refractivity contribution >= 4 is 0 Å². The minimum absolute atomic E-state index is 0.183. The molecule has 0 spiro atoms. The lowest BCUT2D eigenvalue weighted by Gasteiger charge is -2.20. The molecule has 0 saturated heterocycles. The molecule has 2 heteroatoms.